The van der Waals surface area contributed by atoms with Crippen LogP contribution in [-0.2, 0) is 5.88 Å². The van der Waals surface area contributed by atoms with Crippen LogP contribution in [0, 0.1) is 5.92 Å². The van der Waals surface area contributed by atoms with Crippen molar-refractivity contribution in [2.24, 2.45) is 5.92 Å². The molecule has 2 unspecified atom stereocenters. The van der Waals surface area contributed by atoms with Gasteiger partial charge in [-0.15, -0.1) is 16.7 Å². The van der Waals surface area contributed by atoms with Gasteiger partial charge in [-0.3, -0.25) is 0 Å². The molecule has 0 fully saturated rings. The third kappa shape index (κ3) is 2.18. The average molecular weight is 203 g/mol. The Morgan fingerprint density at radius 1 is 1.46 bits per heavy atom. The van der Waals surface area contributed by atoms with Gasteiger partial charge in [0.1, 0.15) is 0 Å². The first-order valence-electron chi connectivity index (χ1n) is 4.53. The minimum Gasteiger partial charge on any atom is -0.225 e. The van der Waals surface area contributed by atoms with Crippen LogP contribution in [0.4, 0.5) is 0 Å². The number of hydrogen-bond acceptors (Lipinski definition) is 3. The molecule has 2 atom stereocenters. The average Bonchev–Trinajstić information content (AvgIpc) is 2.62. The number of halogens is 1. The number of alkyl halides is 1. The molecule has 0 radical (unpaired) electrons. The van der Waals surface area contributed by atoms with Crippen LogP contribution >= 0.6 is 11.6 Å². The second-order valence-corrected chi connectivity index (χ2v) is 3.57. The number of rotatable bonds is 4. The number of hydrogen-bond donors (Lipinski definition) is 0. The molecule has 0 bridgehead atoms. The van der Waals surface area contributed by atoms with Crippen molar-refractivity contribution in [1.82, 2.24) is 20.2 Å². The van der Waals surface area contributed by atoms with Gasteiger partial charge >= 0.3 is 0 Å². The Bertz CT molecular complexity index is 260. The molecule has 13 heavy (non-hydrogen) atoms. The summed E-state index contributed by atoms with van der Waals surface area (Å²) >= 11 is 5.70. The molecule has 1 rings (SSSR count). The van der Waals surface area contributed by atoms with Crippen LogP contribution in [0.5, 0.6) is 0 Å². The van der Waals surface area contributed by atoms with Gasteiger partial charge in [-0.05, 0) is 23.3 Å². The van der Waals surface area contributed by atoms with E-state index in [2.05, 4.69) is 36.3 Å². The van der Waals surface area contributed by atoms with Crippen molar-refractivity contribution >= 4 is 11.6 Å². The van der Waals surface area contributed by atoms with E-state index in [1.807, 2.05) is 0 Å². The Kier molecular flexibility index (Phi) is 3.66. The molecule has 0 aliphatic carbocycles. The monoisotopic (exact) mass is 202 g/mol. The molecule has 5 heteroatoms. The van der Waals surface area contributed by atoms with Crippen LogP contribution in [0.1, 0.15) is 39.1 Å². The lowest BCUT2D eigenvalue weighted by Crippen LogP contribution is -2.17. The van der Waals surface area contributed by atoms with Crippen molar-refractivity contribution in [3.8, 4) is 0 Å². The van der Waals surface area contributed by atoms with Gasteiger partial charge in [-0.1, -0.05) is 20.3 Å². The van der Waals surface area contributed by atoms with Gasteiger partial charge in [0.2, 0.25) is 0 Å². The van der Waals surface area contributed by atoms with Crippen molar-refractivity contribution in [3.05, 3.63) is 5.82 Å². The summed E-state index contributed by atoms with van der Waals surface area (Å²) < 4.78 is 1.81. The van der Waals surface area contributed by atoms with E-state index >= 15 is 0 Å². The fourth-order valence-corrected chi connectivity index (χ4v) is 1.37. The zero-order valence-electron chi connectivity index (χ0n) is 8.24. The van der Waals surface area contributed by atoms with Gasteiger partial charge in [-0.25, -0.2) is 4.68 Å². The van der Waals surface area contributed by atoms with Gasteiger partial charge in [-0.2, -0.15) is 0 Å². The summed E-state index contributed by atoms with van der Waals surface area (Å²) in [5.74, 6) is 1.67. The van der Waals surface area contributed by atoms with Crippen LogP contribution in [-0.4, -0.2) is 20.2 Å². The summed E-state index contributed by atoms with van der Waals surface area (Å²) in [4.78, 5) is 0. The molecule has 0 aliphatic rings. The Morgan fingerprint density at radius 3 is 2.69 bits per heavy atom. The summed E-state index contributed by atoms with van der Waals surface area (Å²) in [5, 5.41) is 11.4. The first kappa shape index (κ1) is 10.4. The van der Waals surface area contributed by atoms with E-state index in [0.717, 1.165) is 12.2 Å². The Balaban J connectivity index is 2.81. The van der Waals surface area contributed by atoms with E-state index in [1.54, 1.807) is 4.68 Å². The molecular weight excluding hydrogens is 188 g/mol. The van der Waals surface area contributed by atoms with Gasteiger partial charge < -0.3 is 0 Å². The summed E-state index contributed by atoms with van der Waals surface area (Å²) in [7, 11) is 0. The smallest absolute Gasteiger partial charge is 0.166 e. The first-order valence-corrected chi connectivity index (χ1v) is 5.06. The maximum absolute atomic E-state index is 5.70. The van der Waals surface area contributed by atoms with E-state index in [0.29, 0.717) is 17.8 Å². The van der Waals surface area contributed by atoms with Gasteiger partial charge in [0.15, 0.2) is 5.82 Å². The Labute approximate surface area is 83.3 Å². The third-order valence-corrected chi connectivity index (χ3v) is 2.77. The molecular formula is C8H15ClN4. The van der Waals surface area contributed by atoms with E-state index in [1.165, 1.54) is 0 Å². The maximum atomic E-state index is 5.70. The quantitative estimate of drug-likeness (QED) is 0.702. The summed E-state index contributed by atoms with van der Waals surface area (Å²) in [6, 6.07) is 0.314. The van der Waals surface area contributed by atoms with Gasteiger partial charge in [0, 0.05) is 0 Å². The molecule has 1 aromatic heterocycles. The highest BCUT2D eigenvalue weighted by Gasteiger charge is 2.16. The zero-order valence-corrected chi connectivity index (χ0v) is 8.99. The summed E-state index contributed by atoms with van der Waals surface area (Å²) in [6.07, 6.45) is 1.11. The summed E-state index contributed by atoms with van der Waals surface area (Å²) in [5.41, 5.74) is 0. The van der Waals surface area contributed by atoms with Crippen molar-refractivity contribution < 1.29 is 0 Å². The highest BCUT2D eigenvalue weighted by Crippen LogP contribution is 2.20. The zero-order chi connectivity index (χ0) is 9.84. The molecule has 0 aromatic carbocycles. The first-order chi connectivity index (χ1) is 6.20. The van der Waals surface area contributed by atoms with Crippen LogP contribution < -0.4 is 0 Å². The molecule has 0 saturated carbocycles. The van der Waals surface area contributed by atoms with Crippen LogP contribution in [0.15, 0.2) is 0 Å². The molecule has 1 heterocycles. The molecule has 0 aliphatic heterocycles. The number of aromatic nitrogens is 4. The largest absolute Gasteiger partial charge is 0.225 e. The second kappa shape index (κ2) is 4.56. The predicted molar refractivity (Wildman–Crippen MR) is 51.5 cm³/mol. The van der Waals surface area contributed by atoms with Crippen molar-refractivity contribution in [3.63, 3.8) is 0 Å². The predicted octanol–water partition coefficient (Wildman–Crippen LogP) is 2.02. The fourth-order valence-electron chi connectivity index (χ4n) is 1.20. The highest BCUT2D eigenvalue weighted by atomic mass is 35.5. The topological polar surface area (TPSA) is 43.6 Å². The van der Waals surface area contributed by atoms with E-state index in [9.17, 15) is 0 Å². The number of nitrogens with zero attached hydrogens (tertiary/aromatic N) is 4. The van der Waals surface area contributed by atoms with Crippen LogP contribution in [0.25, 0.3) is 0 Å². The van der Waals surface area contributed by atoms with Crippen LogP contribution in [0.3, 0.4) is 0 Å². The molecule has 0 amide bonds. The van der Waals surface area contributed by atoms with Crippen molar-refractivity contribution in [1.29, 1.82) is 0 Å². The molecule has 0 spiro atoms. The lowest BCUT2D eigenvalue weighted by Gasteiger charge is -2.18. The second-order valence-electron chi connectivity index (χ2n) is 3.30. The third-order valence-electron chi connectivity index (χ3n) is 2.53. The summed E-state index contributed by atoms with van der Waals surface area (Å²) in [6.45, 7) is 6.46. The van der Waals surface area contributed by atoms with Gasteiger partial charge in [0.05, 0.1) is 11.9 Å². The molecule has 4 nitrogen and oxygen atoms in total. The number of tetrazole rings is 1. The molecule has 74 valence electrons. The molecule has 0 N–H and O–H groups in total. The highest BCUT2D eigenvalue weighted by molar-refractivity contribution is 6.16. The normalized spacial score (nSPS) is 15.7. The fraction of sp³-hybridized carbons (Fsp3) is 0.875. The van der Waals surface area contributed by atoms with Crippen molar-refractivity contribution in [2.75, 3.05) is 0 Å². The molecule has 0 saturated heterocycles. The minimum absolute atomic E-state index is 0.314. The van der Waals surface area contributed by atoms with Gasteiger partial charge in [0.25, 0.3) is 0 Å². The Morgan fingerprint density at radius 2 is 2.15 bits per heavy atom. The minimum atomic E-state index is 0.314. The standard InChI is InChI=1S/C8H15ClN4/c1-4-6(2)7(3)13-8(5-9)10-11-12-13/h6-7H,4-5H2,1-3H3. The molecule has 1 aromatic rings. The van der Waals surface area contributed by atoms with Crippen LogP contribution in [0.2, 0.25) is 0 Å². The van der Waals surface area contributed by atoms with E-state index in [-0.39, 0.29) is 0 Å². The SMILES string of the molecule is CCC(C)C(C)n1nnnc1CCl. The lowest BCUT2D eigenvalue weighted by atomic mass is 10.0. The van der Waals surface area contributed by atoms with Crippen molar-refractivity contribution in [2.45, 2.75) is 39.1 Å². The lowest BCUT2D eigenvalue weighted by molar-refractivity contribution is 0.331. The maximum Gasteiger partial charge on any atom is 0.166 e. The van der Waals surface area contributed by atoms with E-state index in [4.69, 9.17) is 11.6 Å². The van der Waals surface area contributed by atoms with E-state index < -0.39 is 0 Å². The Hall–Kier alpha value is -0.640.